The fraction of sp³-hybridized carbons (Fsp3) is 0.364. The first-order valence-corrected chi connectivity index (χ1v) is 10.4. The van der Waals surface area contributed by atoms with Gasteiger partial charge in [-0.15, -0.1) is 11.3 Å². The van der Waals surface area contributed by atoms with Crippen LogP contribution in [0.15, 0.2) is 42.0 Å². The van der Waals surface area contributed by atoms with Crippen LogP contribution in [0.25, 0.3) is 26.2 Å². The highest BCUT2D eigenvalue weighted by Crippen LogP contribution is 2.32. The van der Waals surface area contributed by atoms with Crippen molar-refractivity contribution in [2.24, 2.45) is 0 Å². The molecule has 1 aromatic carbocycles. The lowest BCUT2D eigenvalue weighted by atomic mass is 10.1. The Bertz CT molecular complexity index is 961. The SMILES string of the molecule is C=Cc1ccc(NCCN(CC)CC)c2c(=O)c3cnccc3sc12.CC. The van der Waals surface area contributed by atoms with Crippen LogP contribution in [0.1, 0.15) is 33.3 Å². The van der Waals surface area contributed by atoms with Gasteiger partial charge in [0.25, 0.3) is 0 Å². The van der Waals surface area contributed by atoms with Gasteiger partial charge in [0.2, 0.25) is 0 Å². The molecule has 0 saturated heterocycles. The highest BCUT2D eigenvalue weighted by molar-refractivity contribution is 7.24. The van der Waals surface area contributed by atoms with E-state index in [-0.39, 0.29) is 5.43 Å². The van der Waals surface area contributed by atoms with E-state index in [1.165, 1.54) is 0 Å². The van der Waals surface area contributed by atoms with Gasteiger partial charge < -0.3 is 10.2 Å². The van der Waals surface area contributed by atoms with E-state index in [0.29, 0.717) is 5.39 Å². The maximum atomic E-state index is 13.1. The molecule has 3 aromatic rings. The number of hydrogen-bond acceptors (Lipinski definition) is 5. The van der Waals surface area contributed by atoms with Crippen LogP contribution in [0.3, 0.4) is 0 Å². The van der Waals surface area contributed by atoms with E-state index < -0.39 is 0 Å². The Morgan fingerprint density at radius 3 is 2.63 bits per heavy atom. The van der Waals surface area contributed by atoms with Crippen molar-refractivity contribution in [1.29, 1.82) is 0 Å². The van der Waals surface area contributed by atoms with Gasteiger partial charge in [-0.2, -0.15) is 0 Å². The molecule has 2 heterocycles. The molecule has 0 atom stereocenters. The Morgan fingerprint density at radius 2 is 1.96 bits per heavy atom. The van der Waals surface area contributed by atoms with Crippen LogP contribution in [0.5, 0.6) is 0 Å². The van der Waals surface area contributed by atoms with Gasteiger partial charge in [-0.25, -0.2) is 0 Å². The summed E-state index contributed by atoms with van der Waals surface area (Å²) in [6.45, 7) is 16.0. The number of anilines is 1. The Hall–Kier alpha value is -2.24. The third-order valence-corrected chi connectivity index (χ3v) is 5.73. The van der Waals surface area contributed by atoms with Crippen LogP contribution in [0.4, 0.5) is 5.69 Å². The summed E-state index contributed by atoms with van der Waals surface area (Å²) in [5.41, 5.74) is 1.91. The predicted octanol–water partition coefficient (Wildman–Crippen LogP) is 5.23. The average Bonchev–Trinajstić information content (AvgIpc) is 2.72. The minimum atomic E-state index is 0.0332. The quantitative estimate of drug-likeness (QED) is 0.567. The van der Waals surface area contributed by atoms with Crippen LogP contribution >= 0.6 is 11.3 Å². The van der Waals surface area contributed by atoms with E-state index in [1.807, 2.05) is 38.1 Å². The number of fused-ring (bicyclic) bond motifs is 2. The normalized spacial score (nSPS) is 10.7. The smallest absolute Gasteiger partial charge is 0.199 e. The third kappa shape index (κ3) is 4.54. The van der Waals surface area contributed by atoms with Crippen molar-refractivity contribution in [2.45, 2.75) is 27.7 Å². The molecule has 0 aliphatic rings. The Kier molecular flexibility index (Phi) is 7.95. The number of hydrogen-bond donors (Lipinski definition) is 1. The summed E-state index contributed by atoms with van der Waals surface area (Å²) >= 11 is 1.62. The number of aromatic nitrogens is 1. The number of pyridine rings is 1. The van der Waals surface area contributed by atoms with Crippen LogP contribution in [0.2, 0.25) is 0 Å². The molecule has 2 aromatic heterocycles. The maximum Gasteiger partial charge on any atom is 0.199 e. The predicted molar refractivity (Wildman–Crippen MR) is 121 cm³/mol. The summed E-state index contributed by atoms with van der Waals surface area (Å²) in [5, 5.41) is 4.87. The summed E-state index contributed by atoms with van der Waals surface area (Å²) in [6.07, 6.45) is 5.20. The molecule has 5 heteroatoms. The summed E-state index contributed by atoms with van der Waals surface area (Å²) in [6, 6.07) is 5.91. The van der Waals surface area contributed by atoms with E-state index >= 15 is 0 Å². The second kappa shape index (κ2) is 10.2. The number of nitrogens with one attached hydrogen (secondary N) is 1. The lowest BCUT2D eigenvalue weighted by Crippen LogP contribution is -2.28. The number of rotatable bonds is 7. The highest BCUT2D eigenvalue weighted by atomic mass is 32.1. The summed E-state index contributed by atoms with van der Waals surface area (Å²) in [7, 11) is 0. The molecule has 144 valence electrons. The van der Waals surface area contributed by atoms with Gasteiger partial charge in [-0.1, -0.05) is 46.4 Å². The first-order valence-electron chi connectivity index (χ1n) is 9.61. The number of nitrogens with zero attached hydrogens (tertiary/aromatic N) is 2. The molecule has 0 radical (unpaired) electrons. The molecular weight excluding hydrogens is 354 g/mol. The second-order valence-electron chi connectivity index (χ2n) is 5.87. The van der Waals surface area contributed by atoms with Crippen molar-refractivity contribution in [3.63, 3.8) is 0 Å². The molecule has 0 bridgehead atoms. The van der Waals surface area contributed by atoms with Gasteiger partial charge in [0.05, 0.1) is 10.8 Å². The van der Waals surface area contributed by atoms with E-state index in [9.17, 15) is 4.79 Å². The van der Waals surface area contributed by atoms with E-state index in [4.69, 9.17) is 0 Å². The lowest BCUT2D eigenvalue weighted by molar-refractivity contribution is 0.316. The maximum absolute atomic E-state index is 13.1. The standard InChI is InChI=1S/C20H23N3OS.C2H6/c1-4-14-7-8-16(22-11-12-23(5-2)6-3)18-19(24)15-13-21-10-9-17(15)25-20(14)18;1-2/h4,7-10,13,22H,1,5-6,11-12H2,2-3H3;1-2H3. The van der Waals surface area contributed by atoms with E-state index in [1.54, 1.807) is 23.7 Å². The zero-order chi connectivity index (χ0) is 19.8. The van der Waals surface area contributed by atoms with Crippen molar-refractivity contribution in [1.82, 2.24) is 9.88 Å². The minimum absolute atomic E-state index is 0.0332. The number of benzene rings is 1. The summed E-state index contributed by atoms with van der Waals surface area (Å²) in [4.78, 5) is 19.5. The largest absolute Gasteiger partial charge is 0.383 e. The lowest BCUT2D eigenvalue weighted by Gasteiger charge is -2.19. The van der Waals surface area contributed by atoms with Crippen molar-refractivity contribution >= 4 is 43.3 Å². The first-order chi connectivity index (χ1) is 13.2. The third-order valence-electron chi connectivity index (χ3n) is 4.51. The molecule has 4 nitrogen and oxygen atoms in total. The molecule has 0 spiro atoms. The molecular formula is C22H29N3OS. The molecule has 0 saturated carbocycles. The minimum Gasteiger partial charge on any atom is -0.383 e. The van der Waals surface area contributed by atoms with Gasteiger partial charge in [0, 0.05) is 40.6 Å². The fourth-order valence-electron chi connectivity index (χ4n) is 3.02. The van der Waals surface area contributed by atoms with Crippen LogP contribution < -0.4 is 10.7 Å². The van der Waals surface area contributed by atoms with Crippen LogP contribution in [-0.4, -0.2) is 36.1 Å². The van der Waals surface area contributed by atoms with E-state index in [2.05, 4.69) is 35.6 Å². The molecule has 0 amide bonds. The molecule has 1 N–H and O–H groups in total. The van der Waals surface area contributed by atoms with Crippen molar-refractivity contribution in [3.05, 3.63) is 53.0 Å². The van der Waals surface area contributed by atoms with Gasteiger partial charge in [-0.3, -0.25) is 9.78 Å². The Morgan fingerprint density at radius 1 is 1.22 bits per heavy atom. The molecule has 0 fully saturated rings. The number of likely N-dealkylation sites (N-methyl/N-ethyl adjacent to an activating group) is 1. The monoisotopic (exact) mass is 383 g/mol. The zero-order valence-corrected chi connectivity index (χ0v) is 17.5. The summed E-state index contributed by atoms with van der Waals surface area (Å²) in [5.74, 6) is 0. The van der Waals surface area contributed by atoms with Gasteiger partial charge in [-0.05, 0) is 30.8 Å². The van der Waals surface area contributed by atoms with Crippen LogP contribution in [0, 0.1) is 0 Å². The molecule has 0 aliphatic heterocycles. The molecule has 27 heavy (non-hydrogen) atoms. The zero-order valence-electron chi connectivity index (χ0n) is 16.7. The van der Waals surface area contributed by atoms with Crippen molar-refractivity contribution in [3.8, 4) is 0 Å². The van der Waals surface area contributed by atoms with Gasteiger partial charge >= 0.3 is 0 Å². The molecule has 3 rings (SSSR count). The molecule has 0 aliphatic carbocycles. The Labute approximate surface area is 165 Å². The van der Waals surface area contributed by atoms with Crippen molar-refractivity contribution in [2.75, 3.05) is 31.5 Å². The van der Waals surface area contributed by atoms with Gasteiger partial charge in [0.1, 0.15) is 0 Å². The molecule has 0 unspecified atom stereocenters. The second-order valence-corrected chi connectivity index (χ2v) is 6.92. The Balaban J connectivity index is 0.00000126. The average molecular weight is 384 g/mol. The van der Waals surface area contributed by atoms with Crippen molar-refractivity contribution < 1.29 is 0 Å². The van der Waals surface area contributed by atoms with Crippen LogP contribution in [-0.2, 0) is 0 Å². The van der Waals surface area contributed by atoms with E-state index in [0.717, 1.165) is 52.2 Å². The first kappa shape index (κ1) is 21.1. The highest BCUT2D eigenvalue weighted by Gasteiger charge is 2.13. The fourth-order valence-corrected chi connectivity index (χ4v) is 4.19. The summed E-state index contributed by atoms with van der Waals surface area (Å²) < 4.78 is 1.93. The van der Waals surface area contributed by atoms with Gasteiger partial charge in [0.15, 0.2) is 5.43 Å². The topological polar surface area (TPSA) is 45.2 Å².